The summed E-state index contributed by atoms with van der Waals surface area (Å²) in [5, 5.41) is 2.06. The summed E-state index contributed by atoms with van der Waals surface area (Å²) in [6, 6.07) is 21.7. The second kappa shape index (κ2) is 9.35. The van der Waals surface area contributed by atoms with Crippen LogP contribution in [0.15, 0.2) is 72.1 Å². The molecule has 1 fully saturated rings. The van der Waals surface area contributed by atoms with Crippen molar-refractivity contribution in [1.29, 1.82) is 0 Å². The van der Waals surface area contributed by atoms with Crippen LogP contribution in [0.1, 0.15) is 18.4 Å². The second-order valence-electron chi connectivity index (χ2n) is 7.98. The predicted octanol–water partition coefficient (Wildman–Crippen LogP) is 4.13. The van der Waals surface area contributed by atoms with Gasteiger partial charge in [-0.1, -0.05) is 48.5 Å². The number of likely N-dealkylation sites (tertiary alicyclic amines) is 1. The highest BCUT2D eigenvalue weighted by Gasteiger charge is 2.41. The number of hydrogen-bond donors (Lipinski definition) is 1. The van der Waals surface area contributed by atoms with Gasteiger partial charge in [0.2, 0.25) is 5.91 Å². The Hall–Kier alpha value is -3.12. The number of amides is 2. The Labute approximate surface area is 186 Å². The number of hydrogen-bond acceptors (Lipinski definition) is 4. The molecule has 6 heteroatoms. The van der Waals surface area contributed by atoms with Crippen LogP contribution in [-0.2, 0) is 16.0 Å². The predicted molar refractivity (Wildman–Crippen MR) is 123 cm³/mol. The smallest absolute Gasteiger partial charge is 0.260 e. The van der Waals surface area contributed by atoms with E-state index in [0.717, 1.165) is 11.1 Å². The minimum absolute atomic E-state index is 0.00353. The third-order valence-corrected chi connectivity index (χ3v) is 6.90. The molecule has 4 rings (SSSR count). The number of carbonyl (C=O) groups is 2. The first-order valence-corrected chi connectivity index (χ1v) is 11.3. The second-order valence-corrected chi connectivity index (χ2v) is 8.93. The van der Waals surface area contributed by atoms with Crippen LogP contribution in [0.4, 0.5) is 0 Å². The standard InChI is InChI=1S/C25H26N2O3S/c26-24(29)25(17-19-6-4-7-20(16-19)22-10-5-15-31-22)11-13-27(14-12-25)23(28)18-30-21-8-2-1-3-9-21/h1-10,15-16H,11-14,17-18H2,(H2,26,29). The van der Waals surface area contributed by atoms with Crippen molar-refractivity contribution in [3.05, 3.63) is 77.7 Å². The average molecular weight is 435 g/mol. The molecule has 160 valence electrons. The largest absolute Gasteiger partial charge is 0.484 e. The lowest BCUT2D eigenvalue weighted by Crippen LogP contribution is -2.50. The number of para-hydroxylation sites is 1. The summed E-state index contributed by atoms with van der Waals surface area (Å²) in [4.78, 5) is 28.0. The molecule has 0 unspecified atom stereocenters. The Morgan fingerprint density at radius 3 is 2.45 bits per heavy atom. The van der Waals surface area contributed by atoms with Crippen LogP contribution in [0.3, 0.4) is 0 Å². The Morgan fingerprint density at radius 2 is 1.77 bits per heavy atom. The normalized spacial score (nSPS) is 15.4. The van der Waals surface area contributed by atoms with Crippen LogP contribution in [-0.4, -0.2) is 36.4 Å². The minimum atomic E-state index is -0.634. The number of carbonyl (C=O) groups excluding carboxylic acids is 2. The molecule has 0 atom stereocenters. The molecular formula is C25H26N2O3S. The van der Waals surface area contributed by atoms with Crippen LogP contribution < -0.4 is 10.5 Å². The maximum Gasteiger partial charge on any atom is 0.260 e. The Kier molecular flexibility index (Phi) is 6.37. The molecule has 0 spiro atoms. The van der Waals surface area contributed by atoms with Crippen molar-refractivity contribution in [1.82, 2.24) is 4.90 Å². The first-order valence-electron chi connectivity index (χ1n) is 10.4. The van der Waals surface area contributed by atoms with Gasteiger partial charge in [0.15, 0.2) is 6.61 Å². The van der Waals surface area contributed by atoms with Gasteiger partial charge in [0.1, 0.15) is 5.75 Å². The summed E-state index contributed by atoms with van der Waals surface area (Å²) in [7, 11) is 0. The summed E-state index contributed by atoms with van der Waals surface area (Å²) < 4.78 is 5.58. The highest BCUT2D eigenvalue weighted by molar-refractivity contribution is 7.13. The molecule has 2 heterocycles. The molecule has 2 aromatic carbocycles. The number of ether oxygens (including phenoxy) is 1. The molecule has 3 aromatic rings. The lowest BCUT2D eigenvalue weighted by atomic mass is 9.73. The number of rotatable bonds is 7. The number of nitrogens with zero attached hydrogens (tertiary/aromatic N) is 1. The zero-order valence-corrected chi connectivity index (χ0v) is 18.1. The number of nitrogens with two attached hydrogens (primary N) is 1. The fraction of sp³-hybridized carbons (Fsp3) is 0.280. The number of benzene rings is 2. The van der Waals surface area contributed by atoms with Crippen molar-refractivity contribution in [3.8, 4) is 16.2 Å². The van der Waals surface area contributed by atoms with E-state index in [4.69, 9.17) is 10.5 Å². The molecule has 0 saturated carbocycles. The van der Waals surface area contributed by atoms with E-state index in [1.54, 1.807) is 16.2 Å². The van der Waals surface area contributed by atoms with Gasteiger partial charge >= 0.3 is 0 Å². The van der Waals surface area contributed by atoms with E-state index in [2.05, 4.69) is 23.6 Å². The van der Waals surface area contributed by atoms with Gasteiger partial charge in [0, 0.05) is 18.0 Å². The molecule has 5 nitrogen and oxygen atoms in total. The van der Waals surface area contributed by atoms with Crippen molar-refractivity contribution in [2.75, 3.05) is 19.7 Å². The number of piperidine rings is 1. The summed E-state index contributed by atoms with van der Waals surface area (Å²) in [6.45, 7) is 1.01. The van der Waals surface area contributed by atoms with Crippen LogP contribution in [0.5, 0.6) is 5.75 Å². The highest BCUT2D eigenvalue weighted by Crippen LogP contribution is 2.36. The van der Waals surface area contributed by atoms with E-state index in [-0.39, 0.29) is 18.4 Å². The minimum Gasteiger partial charge on any atom is -0.484 e. The maximum atomic E-state index is 12.6. The fourth-order valence-corrected chi connectivity index (χ4v) is 4.84. The van der Waals surface area contributed by atoms with Crippen LogP contribution >= 0.6 is 11.3 Å². The monoisotopic (exact) mass is 434 g/mol. The van der Waals surface area contributed by atoms with Gasteiger partial charge in [-0.25, -0.2) is 0 Å². The van der Waals surface area contributed by atoms with Gasteiger partial charge < -0.3 is 15.4 Å². The van der Waals surface area contributed by atoms with Gasteiger partial charge in [-0.3, -0.25) is 9.59 Å². The van der Waals surface area contributed by atoms with Crippen molar-refractivity contribution < 1.29 is 14.3 Å². The molecule has 0 aliphatic carbocycles. The third kappa shape index (κ3) is 4.97. The quantitative estimate of drug-likeness (QED) is 0.608. The third-order valence-electron chi connectivity index (χ3n) is 5.98. The van der Waals surface area contributed by atoms with Gasteiger partial charge in [-0.15, -0.1) is 11.3 Å². The Balaban J connectivity index is 1.39. The van der Waals surface area contributed by atoms with Crippen molar-refractivity contribution in [2.45, 2.75) is 19.3 Å². The van der Waals surface area contributed by atoms with Crippen molar-refractivity contribution in [3.63, 3.8) is 0 Å². The lowest BCUT2D eigenvalue weighted by Gasteiger charge is -2.39. The van der Waals surface area contributed by atoms with E-state index in [1.807, 2.05) is 48.5 Å². The van der Waals surface area contributed by atoms with E-state index in [0.29, 0.717) is 38.1 Å². The summed E-state index contributed by atoms with van der Waals surface area (Å²) in [6.07, 6.45) is 1.70. The fourth-order valence-electron chi connectivity index (χ4n) is 4.12. The molecule has 31 heavy (non-hydrogen) atoms. The van der Waals surface area contributed by atoms with E-state index in [1.165, 1.54) is 4.88 Å². The molecule has 1 aromatic heterocycles. The van der Waals surface area contributed by atoms with E-state index < -0.39 is 5.41 Å². The molecule has 1 aliphatic heterocycles. The molecule has 0 radical (unpaired) electrons. The first kappa shape index (κ1) is 21.1. The number of primary amides is 1. The van der Waals surface area contributed by atoms with E-state index >= 15 is 0 Å². The Morgan fingerprint density at radius 1 is 1.00 bits per heavy atom. The van der Waals surface area contributed by atoms with Crippen LogP contribution in [0, 0.1) is 5.41 Å². The SMILES string of the molecule is NC(=O)C1(Cc2cccc(-c3cccs3)c2)CCN(C(=O)COc2ccccc2)CC1. The lowest BCUT2D eigenvalue weighted by molar-refractivity contribution is -0.140. The molecule has 2 N–H and O–H groups in total. The van der Waals surface area contributed by atoms with Crippen LogP contribution in [0.25, 0.3) is 10.4 Å². The summed E-state index contributed by atoms with van der Waals surface area (Å²) in [5.41, 5.74) is 7.49. The van der Waals surface area contributed by atoms with Crippen molar-refractivity contribution in [2.24, 2.45) is 11.1 Å². The maximum absolute atomic E-state index is 12.6. The van der Waals surface area contributed by atoms with Crippen LogP contribution in [0.2, 0.25) is 0 Å². The topological polar surface area (TPSA) is 72.6 Å². The van der Waals surface area contributed by atoms with Gasteiger partial charge in [0.25, 0.3) is 5.91 Å². The summed E-state index contributed by atoms with van der Waals surface area (Å²) in [5.74, 6) is 0.313. The van der Waals surface area contributed by atoms with Crippen molar-refractivity contribution >= 4 is 23.2 Å². The number of thiophene rings is 1. The molecule has 2 amide bonds. The molecular weight excluding hydrogens is 408 g/mol. The first-order chi connectivity index (χ1) is 15.1. The zero-order chi connectivity index (χ0) is 21.7. The molecule has 1 saturated heterocycles. The molecule has 0 bridgehead atoms. The van der Waals surface area contributed by atoms with Gasteiger partial charge in [0.05, 0.1) is 5.41 Å². The van der Waals surface area contributed by atoms with Gasteiger partial charge in [-0.05, 0) is 54.0 Å². The summed E-state index contributed by atoms with van der Waals surface area (Å²) >= 11 is 1.70. The zero-order valence-electron chi connectivity index (χ0n) is 17.3. The van der Waals surface area contributed by atoms with E-state index in [9.17, 15) is 9.59 Å². The highest BCUT2D eigenvalue weighted by atomic mass is 32.1. The molecule has 1 aliphatic rings. The Bertz CT molecular complexity index is 1030. The van der Waals surface area contributed by atoms with Gasteiger partial charge in [-0.2, -0.15) is 0 Å². The average Bonchev–Trinajstić information content (AvgIpc) is 3.34.